The molecule has 0 spiro atoms. The van der Waals surface area contributed by atoms with E-state index < -0.39 is 11.9 Å². The van der Waals surface area contributed by atoms with E-state index in [-0.39, 0.29) is 29.3 Å². The molecule has 1 aromatic carbocycles. The zero-order valence-electron chi connectivity index (χ0n) is 14.5. The first-order chi connectivity index (χ1) is 12.5. The Morgan fingerprint density at radius 2 is 2.15 bits per heavy atom. The molecule has 1 atom stereocenters. The molecule has 1 aromatic rings. The minimum absolute atomic E-state index is 0.0672. The predicted molar refractivity (Wildman–Crippen MR) is 95.2 cm³/mol. The molecule has 2 aliphatic heterocycles. The minimum Gasteiger partial charge on any atom is -0.381 e. The topological polar surface area (TPSA) is 70.7 Å². The van der Waals surface area contributed by atoms with Crippen molar-refractivity contribution in [1.29, 1.82) is 0 Å². The zero-order chi connectivity index (χ0) is 18.5. The monoisotopic (exact) mass is 383 g/mol. The zero-order valence-corrected chi connectivity index (χ0v) is 15.2. The fourth-order valence-electron chi connectivity index (χ4n) is 3.35. The van der Waals surface area contributed by atoms with Crippen LogP contribution >= 0.6 is 11.6 Å². The molecule has 0 saturated carbocycles. The molecule has 142 valence electrons. The third kappa shape index (κ3) is 4.93. The van der Waals surface area contributed by atoms with E-state index in [1.54, 1.807) is 6.07 Å². The van der Waals surface area contributed by atoms with Gasteiger partial charge >= 0.3 is 0 Å². The molecule has 0 radical (unpaired) electrons. The first-order valence-corrected chi connectivity index (χ1v) is 9.23. The number of nitrogens with one attached hydrogen (secondary N) is 2. The molecule has 3 rings (SSSR count). The van der Waals surface area contributed by atoms with Crippen molar-refractivity contribution < 1.29 is 18.7 Å². The van der Waals surface area contributed by atoms with E-state index in [0.717, 1.165) is 18.4 Å². The maximum Gasteiger partial charge on any atom is 0.237 e. The van der Waals surface area contributed by atoms with Crippen molar-refractivity contribution in [2.75, 3.05) is 26.3 Å². The third-order valence-electron chi connectivity index (χ3n) is 4.78. The Balaban J connectivity index is 1.62. The van der Waals surface area contributed by atoms with Gasteiger partial charge in [0.05, 0.1) is 17.5 Å². The first kappa shape index (κ1) is 19.1. The highest BCUT2D eigenvalue weighted by atomic mass is 35.5. The molecular formula is C18H23ClFN3O3. The van der Waals surface area contributed by atoms with Crippen LogP contribution in [0.4, 0.5) is 4.39 Å². The molecule has 2 N–H and O–H groups in total. The largest absolute Gasteiger partial charge is 0.381 e. The Kier molecular flexibility index (Phi) is 6.45. The minimum atomic E-state index is -0.567. The van der Waals surface area contributed by atoms with Crippen LogP contribution in [0.2, 0.25) is 5.02 Å². The average molecular weight is 384 g/mol. The lowest BCUT2D eigenvalue weighted by molar-refractivity contribution is -0.134. The Hall–Kier alpha value is -1.70. The van der Waals surface area contributed by atoms with Crippen molar-refractivity contribution in [3.63, 3.8) is 0 Å². The summed E-state index contributed by atoms with van der Waals surface area (Å²) in [7, 11) is 0. The van der Waals surface area contributed by atoms with Crippen LogP contribution in [0.15, 0.2) is 18.2 Å². The van der Waals surface area contributed by atoms with Gasteiger partial charge in [-0.05, 0) is 30.5 Å². The number of benzene rings is 1. The van der Waals surface area contributed by atoms with Gasteiger partial charge in [-0.15, -0.1) is 0 Å². The Morgan fingerprint density at radius 1 is 1.38 bits per heavy atom. The maximum absolute atomic E-state index is 13.7. The van der Waals surface area contributed by atoms with Crippen LogP contribution in [0.5, 0.6) is 0 Å². The van der Waals surface area contributed by atoms with Gasteiger partial charge in [-0.2, -0.15) is 0 Å². The van der Waals surface area contributed by atoms with Crippen molar-refractivity contribution >= 4 is 23.4 Å². The van der Waals surface area contributed by atoms with Crippen LogP contribution in [-0.2, 0) is 20.9 Å². The summed E-state index contributed by atoms with van der Waals surface area (Å²) in [5, 5.41) is 5.85. The number of nitrogens with zero attached hydrogens (tertiary/aromatic N) is 1. The van der Waals surface area contributed by atoms with Gasteiger partial charge in [0.15, 0.2) is 0 Å². The highest BCUT2D eigenvalue weighted by Gasteiger charge is 2.32. The number of amides is 2. The molecule has 2 aliphatic rings. The molecule has 8 heteroatoms. The first-order valence-electron chi connectivity index (χ1n) is 8.86. The molecule has 1 unspecified atom stereocenters. The van der Waals surface area contributed by atoms with Crippen LogP contribution < -0.4 is 10.6 Å². The summed E-state index contributed by atoms with van der Waals surface area (Å²) in [5.74, 6) is -0.807. The highest BCUT2D eigenvalue weighted by Crippen LogP contribution is 2.19. The van der Waals surface area contributed by atoms with Gasteiger partial charge in [-0.25, -0.2) is 4.39 Å². The third-order valence-corrected chi connectivity index (χ3v) is 5.08. The summed E-state index contributed by atoms with van der Waals surface area (Å²) in [6.45, 7) is 2.78. The predicted octanol–water partition coefficient (Wildman–Crippen LogP) is 1.46. The molecule has 26 heavy (non-hydrogen) atoms. The van der Waals surface area contributed by atoms with Crippen molar-refractivity contribution in [3.05, 3.63) is 34.6 Å². The molecule has 0 aliphatic carbocycles. The van der Waals surface area contributed by atoms with Crippen molar-refractivity contribution in [3.8, 4) is 0 Å². The number of piperazine rings is 1. The molecule has 2 saturated heterocycles. The van der Waals surface area contributed by atoms with Crippen LogP contribution in [0, 0.1) is 5.82 Å². The number of carbonyl (C=O) groups excluding carboxylic acids is 2. The fraction of sp³-hybridized carbons (Fsp3) is 0.556. The van der Waals surface area contributed by atoms with E-state index in [4.69, 9.17) is 16.3 Å². The SMILES string of the molecule is O=C(CC1C(=O)NCCN1Cc1ccc(Cl)c(F)c1)NC1CCOCC1. The summed E-state index contributed by atoms with van der Waals surface area (Å²) in [6, 6.07) is 4.14. The van der Waals surface area contributed by atoms with Gasteiger partial charge in [0.2, 0.25) is 11.8 Å². The summed E-state index contributed by atoms with van der Waals surface area (Å²) in [6.07, 6.45) is 1.66. The van der Waals surface area contributed by atoms with E-state index in [2.05, 4.69) is 10.6 Å². The second-order valence-electron chi connectivity index (χ2n) is 6.68. The summed E-state index contributed by atoms with van der Waals surface area (Å²) < 4.78 is 19.0. The molecular weight excluding hydrogens is 361 g/mol. The number of hydrogen-bond donors (Lipinski definition) is 2. The van der Waals surface area contributed by atoms with Crippen molar-refractivity contribution in [2.24, 2.45) is 0 Å². The number of rotatable bonds is 5. The second kappa shape index (κ2) is 8.79. The lowest BCUT2D eigenvalue weighted by Gasteiger charge is -2.35. The summed E-state index contributed by atoms with van der Waals surface area (Å²) in [5.41, 5.74) is 0.719. The number of hydrogen-bond acceptors (Lipinski definition) is 4. The normalized spacial score (nSPS) is 22.1. The number of ether oxygens (including phenoxy) is 1. The van der Waals surface area contributed by atoms with Gasteiger partial charge in [-0.1, -0.05) is 17.7 Å². The standard InChI is InChI=1S/C18H23ClFN3O3/c19-14-2-1-12(9-15(14)20)11-23-6-5-21-18(25)16(23)10-17(24)22-13-3-7-26-8-4-13/h1-2,9,13,16H,3-8,10-11H2,(H,21,25)(H,22,24). The fourth-order valence-corrected chi connectivity index (χ4v) is 3.47. The highest BCUT2D eigenvalue weighted by molar-refractivity contribution is 6.30. The Morgan fingerprint density at radius 3 is 2.88 bits per heavy atom. The van der Waals surface area contributed by atoms with Gasteiger partial charge in [0.25, 0.3) is 0 Å². The number of halogens is 2. The number of carbonyl (C=O) groups is 2. The molecule has 2 fully saturated rings. The van der Waals surface area contributed by atoms with Gasteiger partial charge in [-0.3, -0.25) is 14.5 Å². The molecule has 0 bridgehead atoms. The molecule has 2 amide bonds. The van der Waals surface area contributed by atoms with E-state index in [1.807, 2.05) is 4.90 Å². The van der Waals surface area contributed by atoms with Crippen molar-refractivity contribution in [1.82, 2.24) is 15.5 Å². The maximum atomic E-state index is 13.7. The summed E-state index contributed by atoms with van der Waals surface area (Å²) >= 11 is 5.72. The van der Waals surface area contributed by atoms with E-state index in [1.165, 1.54) is 12.1 Å². The van der Waals surface area contributed by atoms with Gasteiger partial charge in [0, 0.05) is 38.9 Å². The summed E-state index contributed by atoms with van der Waals surface area (Å²) in [4.78, 5) is 26.6. The Labute approximate surface area is 157 Å². The lowest BCUT2D eigenvalue weighted by atomic mass is 10.0. The van der Waals surface area contributed by atoms with E-state index in [0.29, 0.717) is 32.8 Å². The van der Waals surface area contributed by atoms with Crippen LogP contribution in [0.3, 0.4) is 0 Å². The van der Waals surface area contributed by atoms with E-state index in [9.17, 15) is 14.0 Å². The van der Waals surface area contributed by atoms with Crippen LogP contribution in [0.25, 0.3) is 0 Å². The van der Waals surface area contributed by atoms with Gasteiger partial charge in [0.1, 0.15) is 5.82 Å². The Bertz CT molecular complexity index is 667. The second-order valence-corrected chi connectivity index (χ2v) is 7.09. The van der Waals surface area contributed by atoms with Crippen LogP contribution in [0.1, 0.15) is 24.8 Å². The van der Waals surface area contributed by atoms with E-state index >= 15 is 0 Å². The quantitative estimate of drug-likeness (QED) is 0.807. The molecule has 6 nitrogen and oxygen atoms in total. The smallest absolute Gasteiger partial charge is 0.237 e. The van der Waals surface area contributed by atoms with Crippen LogP contribution in [-0.4, -0.2) is 55.1 Å². The molecule has 2 heterocycles. The van der Waals surface area contributed by atoms with Crippen molar-refractivity contribution in [2.45, 2.75) is 37.9 Å². The lowest BCUT2D eigenvalue weighted by Crippen LogP contribution is -2.56. The average Bonchev–Trinajstić information content (AvgIpc) is 2.62. The van der Waals surface area contributed by atoms with Gasteiger partial charge < -0.3 is 15.4 Å². The molecule has 0 aromatic heterocycles.